The molecular formula is C24H32N2O2. The average Bonchev–Trinajstić information content (AvgIpc) is 2.96. The number of imidazole rings is 1. The van der Waals surface area contributed by atoms with E-state index in [0.717, 1.165) is 55.9 Å². The molecule has 0 radical (unpaired) electrons. The Kier molecular flexibility index (Phi) is 6.74. The molecule has 0 fully saturated rings. The van der Waals surface area contributed by atoms with Gasteiger partial charge < -0.3 is 14.4 Å². The Morgan fingerprint density at radius 1 is 0.893 bits per heavy atom. The summed E-state index contributed by atoms with van der Waals surface area (Å²) in [5, 5.41) is 9.22. The van der Waals surface area contributed by atoms with Crippen molar-refractivity contribution in [2.24, 2.45) is 0 Å². The summed E-state index contributed by atoms with van der Waals surface area (Å²) < 4.78 is 8.27. The van der Waals surface area contributed by atoms with E-state index in [0.29, 0.717) is 0 Å². The van der Waals surface area contributed by atoms with Crippen molar-refractivity contribution in [2.45, 2.75) is 59.9 Å². The molecule has 1 N–H and O–H groups in total. The number of benzene rings is 2. The van der Waals surface area contributed by atoms with Gasteiger partial charge in [-0.05, 0) is 93.5 Å². The first kappa shape index (κ1) is 20.4. The minimum atomic E-state index is 0.199. The molecule has 0 amide bonds. The van der Waals surface area contributed by atoms with Crippen LogP contribution in [0, 0.1) is 27.7 Å². The monoisotopic (exact) mass is 380 g/mol. The zero-order valence-corrected chi connectivity index (χ0v) is 17.6. The van der Waals surface area contributed by atoms with E-state index in [9.17, 15) is 5.11 Å². The number of aliphatic hydroxyl groups excluding tert-OH is 1. The van der Waals surface area contributed by atoms with Crippen LogP contribution < -0.4 is 4.74 Å². The van der Waals surface area contributed by atoms with Crippen molar-refractivity contribution in [3.63, 3.8) is 0 Å². The van der Waals surface area contributed by atoms with Crippen molar-refractivity contribution < 1.29 is 9.84 Å². The third kappa shape index (κ3) is 4.93. The fourth-order valence-electron chi connectivity index (χ4n) is 3.69. The Morgan fingerprint density at radius 3 is 2.32 bits per heavy atom. The number of nitrogens with zero attached hydrogens (tertiary/aromatic N) is 2. The molecule has 1 aromatic heterocycles. The first-order valence-electron chi connectivity index (χ1n) is 10.3. The molecular weight excluding hydrogens is 348 g/mol. The van der Waals surface area contributed by atoms with E-state index in [2.05, 4.69) is 62.6 Å². The minimum Gasteiger partial charge on any atom is -0.494 e. The number of rotatable bonds is 9. The third-order valence-corrected chi connectivity index (χ3v) is 5.24. The van der Waals surface area contributed by atoms with Gasteiger partial charge in [-0.25, -0.2) is 4.98 Å². The fourth-order valence-corrected chi connectivity index (χ4v) is 3.69. The van der Waals surface area contributed by atoms with E-state index >= 15 is 0 Å². The second-order valence-electron chi connectivity index (χ2n) is 7.81. The Morgan fingerprint density at radius 2 is 1.61 bits per heavy atom. The summed E-state index contributed by atoms with van der Waals surface area (Å²) >= 11 is 0. The highest BCUT2D eigenvalue weighted by atomic mass is 16.5. The number of hydrogen-bond acceptors (Lipinski definition) is 3. The molecule has 1 heterocycles. The fraction of sp³-hybridized carbons (Fsp3) is 0.458. The Labute approximate surface area is 168 Å². The number of unbranched alkanes of at least 4 members (excludes halogenated alkanes) is 1. The maximum Gasteiger partial charge on any atom is 0.119 e. The average molecular weight is 381 g/mol. The molecule has 4 heteroatoms. The van der Waals surface area contributed by atoms with Crippen LogP contribution in [0.1, 0.15) is 47.3 Å². The molecule has 4 nitrogen and oxygen atoms in total. The first-order chi connectivity index (χ1) is 13.5. The molecule has 0 aliphatic carbocycles. The zero-order chi connectivity index (χ0) is 20.1. The lowest BCUT2D eigenvalue weighted by molar-refractivity contribution is 0.286. The zero-order valence-electron chi connectivity index (χ0n) is 17.6. The molecule has 0 bridgehead atoms. The van der Waals surface area contributed by atoms with Crippen molar-refractivity contribution >= 4 is 11.0 Å². The van der Waals surface area contributed by atoms with Crippen molar-refractivity contribution in [1.29, 1.82) is 0 Å². The molecule has 0 atom stereocenters. The number of aliphatic hydroxyl groups is 1. The number of fused-ring (bicyclic) bond motifs is 1. The summed E-state index contributed by atoms with van der Waals surface area (Å²) in [4.78, 5) is 4.84. The van der Waals surface area contributed by atoms with E-state index < -0.39 is 0 Å². The summed E-state index contributed by atoms with van der Waals surface area (Å²) in [6.45, 7) is 10.3. The van der Waals surface area contributed by atoms with Crippen molar-refractivity contribution in [1.82, 2.24) is 9.55 Å². The maximum atomic E-state index is 9.22. The molecule has 0 saturated carbocycles. The van der Waals surface area contributed by atoms with Crippen LogP contribution in [0.25, 0.3) is 11.0 Å². The van der Waals surface area contributed by atoms with Crippen LogP contribution in [0.4, 0.5) is 0 Å². The van der Waals surface area contributed by atoms with Gasteiger partial charge in [0.1, 0.15) is 11.6 Å². The highest BCUT2D eigenvalue weighted by Gasteiger charge is 2.12. The third-order valence-electron chi connectivity index (χ3n) is 5.24. The Bertz CT molecular complexity index is 923. The molecule has 28 heavy (non-hydrogen) atoms. The normalized spacial score (nSPS) is 11.3. The van der Waals surface area contributed by atoms with Crippen molar-refractivity contribution in [3.8, 4) is 5.75 Å². The molecule has 0 aliphatic heterocycles. The molecule has 3 rings (SSSR count). The summed E-state index contributed by atoms with van der Waals surface area (Å²) in [6.07, 6.45) is 3.59. The van der Waals surface area contributed by atoms with Gasteiger partial charge in [0, 0.05) is 19.6 Å². The van der Waals surface area contributed by atoms with E-state index in [1.165, 1.54) is 27.8 Å². The van der Waals surface area contributed by atoms with E-state index in [-0.39, 0.29) is 6.61 Å². The van der Waals surface area contributed by atoms with Crippen LogP contribution in [0.3, 0.4) is 0 Å². The molecule has 0 saturated heterocycles. The largest absolute Gasteiger partial charge is 0.494 e. The standard InChI is InChI=1S/C24H32N2O2/c1-17-12-18(2)14-21(13-17)28-11-6-5-9-26-23-16-20(4)19(3)15-22(23)25-24(26)8-7-10-27/h12-16,27H,5-11H2,1-4H3. The topological polar surface area (TPSA) is 47.3 Å². The van der Waals surface area contributed by atoms with Crippen LogP contribution in [0.5, 0.6) is 5.75 Å². The van der Waals surface area contributed by atoms with Crippen LogP contribution in [-0.2, 0) is 13.0 Å². The van der Waals surface area contributed by atoms with Crippen molar-refractivity contribution in [3.05, 3.63) is 58.4 Å². The predicted octanol–water partition coefficient (Wildman–Crippen LogP) is 5.05. The van der Waals surface area contributed by atoms with Gasteiger partial charge in [0.15, 0.2) is 0 Å². The van der Waals surface area contributed by atoms with Gasteiger partial charge in [0.25, 0.3) is 0 Å². The summed E-state index contributed by atoms with van der Waals surface area (Å²) in [6, 6.07) is 10.8. The minimum absolute atomic E-state index is 0.199. The molecule has 150 valence electrons. The van der Waals surface area contributed by atoms with Gasteiger partial charge in [0.2, 0.25) is 0 Å². The molecule has 0 spiro atoms. The van der Waals surface area contributed by atoms with Crippen LogP contribution in [0.2, 0.25) is 0 Å². The van der Waals surface area contributed by atoms with Crippen LogP contribution in [0.15, 0.2) is 30.3 Å². The van der Waals surface area contributed by atoms with Crippen LogP contribution >= 0.6 is 0 Å². The van der Waals surface area contributed by atoms with Gasteiger partial charge in [-0.15, -0.1) is 0 Å². The Balaban J connectivity index is 1.64. The Hall–Kier alpha value is -2.33. The first-order valence-corrected chi connectivity index (χ1v) is 10.3. The van der Waals surface area contributed by atoms with E-state index in [1.54, 1.807) is 0 Å². The quantitative estimate of drug-likeness (QED) is 0.528. The van der Waals surface area contributed by atoms with Gasteiger partial charge >= 0.3 is 0 Å². The SMILES string of the molecule is Cc1cc(C)cc(OCCCCn2c(CCCO)nc3cc(C)c(C)cc32)c1. The summed E-state index contributed by atoms with van der Waals surface area (Å²) in [5.74, 6) is 2.03. The molecule has 2 aromatic carbocycles. The van der Waals surface area contributed by atoms with E-state index in [1.807, 2.05) is 0 Å². The smallest absolute Gasteiger partial charge is 0.119 e. The second kappa shape index (κ2) is 9.24. The van der Waals surface area contributed by atoms with Gasteiger partial charge in [-0.1, -0.05) is 6.07 Å². The number of aryl methyl sites for hydroxylation is 6. The number of ether oxygens (including phenoxy) is 1. The lowest BCUT2D eigenvalue weighted by Gasteiger charge is -2.11. The number of aromatic nitrogens is 2. The van der Waals surface area contributed by atoms with Crippen LogP contribution in [-0.4, -0.2) is 27.9 Å². The van der Waals surface area contributed by atoms with Gasteiger partial charge in [-0.3, -0.25) is 0 Å². The van der Waals surface area contributed by atoms with Gasteiger partial charge in [-0.2, -0.15) is 0 Å². The number of hydrogen-bond donors (Lipinski definition) is 1. The van der Waals surface area contributed by atoms with E-state index in [4.69, 9.17) is 9.72 Å². The highest BCUT2D eigenvalue weighted by Crippen LogP contribution is 2.22. The highest BCUT2D eigenvalue weighted by molar-refractivity contribution is 5.78. The lowest BCUT2D eigenvalue weighted by atomic mass is 10.1. The maximum absolute atomic E-state index is 9.22. The van der Waals surface area contributed by atoms with Gasteiger partial charge in [0.05, 0.1) is 17.6 Å². The predicted molar refractivity (Wildman–Crippen MR) is 115 cm³/mol. The lowest BCUT2D eigenvalue weighted by Crippen LogP contribution is -2.07. The molecule has 3 aromatic rings. The summed E-state index contributed by atoms with van der Waals surface area (Å²) in [7, 11) is 0. The summed E-state index contributed by atoms with van der Waals surface area (Å²) in [5.41, 5.74) is 7.29. The molecule has 0 unspecified atom stereocenters. The van der Waals surface area contributed by atoms with Crippen molar-refractivity contribution in [2.75, 3.05) is 13.2 Å². The molecule has 0 aliphatic rings. The second-order valence-corrected chi connectivity index (χ2v) is 7.81.